The Bertz CT molecular complexity index is 938. The van der Waals surface area contributed by atoms with Gasteiger partial charge in [-0.2, -0.15) is 0 Å². The molecule has 1 aliphatic rings. The minimum absolute atomic E-state index is 0.00239. The van der Waals surface area contributed by atoms with Crippen molar-refractivity contribution in [3.8, 4) is 17.1 Å². The van der Waals surface area contributed by atoms with Crippen LogP contribution in [0.2, 0.25) is 0 Å². The van der Waals surface area contributed by atoms with E-state index in [-0.39, 0.29) is 17.0 Å². The largest absolute Gasteiger partial charge is 0.352 e. The van der Waals surface area contributed by atoms with Crippen LogP contribution in [0, 0.1) is 5.82 Å². The number of rotatable bonds is 6. The van der Waals surface area contributed by atoms with Crippen LogP contribution in [0.4, 0.5) is 4.39 Å². The lowest BCUT2D eigenvalue weighted by atomic mass is 10.2. The lowest BCUT2D eigenvalue weighted by Gasteiger charge is -2.14. The van der Waals surface area contributed by atoms with E-state index in [0.29, 0.717) is 17.0 Å². The Morgan fingerprint density at radius 3 is 2.52 bits per heavy atom. The van der Waals surface area contributed by atoms with E-state index in [1.165, 1.54) is 23.9 Å². The number of halogens is 1. The molecule has 4 rings (SSSR count). The third kappa shape index (κ3) is 4.03. The van der Waals surface area contributed by atoms with E-state index in [2.05, 4.69) is 15.5 Å². The standard InChI is InChI=1S/C20H19FN4OS/c1-13(19(26)22-16-9-10-16)27-20-24-23-18(14-5-3-2-4-6-14)25(20)17-11-7-15(21)8-12-17/h2-8,11-13,16H,9-10H2,1H3,(H,22,26). The average Bonchev–Trinajstić information content (AvgIpc) is 3.40. The van der Waals surface area contributed by atoms with Crippen molar-refractivity contribution in [2.45, 2.75) is 36.2 Å². The molecule has 0 saturated heterocycles. The third-order valence-electron chi connectivity index (χ3n) is 4.33. The van der Waals surface area contributed by atoms with Gasteiger partial charge < -0.3 is 5.32 Å². The second-order valence-electron chi connectivity index (χ2n) is 6.53. The smallest absolute Gasteiger partial charge is 0.233 e. The molecule has 1 saturated carbocycles. The maximum Gasteiger partial charge on any atom is 0.233 e. The summed E-state index contributed by atoms with van der Waals surface area (Å²) in [6, 6.07) is 16.2. The first-order valence-electron chi connectivity index (χ1n) is 8.85. The summed E-state index contributed by atoms with van der Waals surface area (Å²) < 4.78 is 15.3. The number of amides is 1. The summed E-state index contributed by atoms with van der Waals surface area (Å²) in [5.41, 5.74) is 1.65. The first-order valence-corrected chi connectivity index (χ1v) is 9.73. The van der Waals surface area contributed by atoms with E-state index in [9.17, 15) is 9.18 Å². The van der Waals surface area contributed by atoms with Gasteiger partial charge in [-0.05, 0) is 44.0 Å². The van der Waals surface area contributed by atoms with Crippen LogP contribution in [-0.4, -0.2) is 32.0 Å². The highest BCUT2D eigenvalue weighted by Crippen LogP contribution is 2.30. The molecule has 0 radical (unpaired) electrons. The van der Waals surface area contributed by atoms with Crippen molar-refractivity contribution < 1.29 is 9.18 Å². The molecular weight excluding hydrogens is 363 g/mol. The fraction of sp³-hybridized carbons (Fsp3) is 0.250. The lowest BCUT2D eigenvalue weighted by molar-refractivity contribution is -0.120. The zero-order valence-corrected chi connectivity index (χ0v) is 15.6. The molecule has 138 valence electrons. The summed E-state index contributed by atoms with van der Waals surface area (Å²) in [4.78, 5) is 12.3. The SMILES string of the molecule is CC(Sc1nnc(-c2ccccc2)n1-c1ccc(F)cc1)C(=O)NC1CC1. The molecule has 1 aromatic heterocycles. The second-order valence-corrected chi connectivity index (χ2v) is 7.83. The number of hydrogen-bond acceptors (Lipinski definition) is 4. The molecule has 1 fully saturated rings. The topological polar surface area (TPSA) is 59.8 Å². The quantitative estimate of drug-likeness (QED) is 0.658. The number of aromatic nitrogens is 3. The molecule has 0 bridgehead atoms. The summed E-state index contributed by atoms with van der Waals surface area (Å²) in [7, 11) is 0. The van der Waals surface area contributed by atoms with Crippen LogP contribution in [-0.2, 0) is 4.79 Å². The van der Waals surface area contributed by atoms with Crippen molar-refractivity contribution >= 4 is 17.7 Å². The number of carbonyl (C=O) groups is 1. The highest BCUT2D eigenvalue weighted by atomic mass is 32.2. The van der Waals surface area contributed by atoms with E-state index < -0.39 is 0 Å². The molecule has 7 heteroatoms. The average molecular weight is 382 g/mol. The van der Waals surface area contributed by atoms with Crippen LogP contribution in [0.3, 0.4) is 0 Å². The molecule has 0 aliphatic heterocycles. The van der Waals surface area contributed by atoms with E-state index >= 15 is 0 Å². The second kappa shape index (κ2) is 7.52. The van der Waals surface area contributed by atoms with Crippen molar-refractivity contribution in [1.82, 2.24) is 20.1 Å². The fourth-order valence-electron chi connectivity index (χ4n) is 2.70. The zero-order chi connectivity index (χ0) is 18.8. The monoisotopic (exact) mass is 382 g/mol. The maximum atomic E-state index is 13.4. The van der Waals surface area contributed by atoms with E-state index in [0.717, 1.165) is 24.1 Å². The molecule has 1 atom stereocenters. The van der Waals surface area contributed by atoms with Crippen LogP contribution in [0.25, 0.3) is 17.1 Å². The van der Waals surface area contributed by atoms with E-state index in [4.69, 9.17) is 0 Å². The van der Waals surface area contributed by atoms with Gasteiger partial charge in [0.05, 0.1) is 5.25 Å². The Morgan fingerprint density at radius 1 is 1.15 bits per heavy atom. The van der Waals surface area contributed by atoms with Crippen molar-refractivity contribution in [3.63, 3.8) is 0 Å². The van der Waals surface area contributed by atoms with Crippen LogP contribution in [0.5, 0.6) is 0 Å². The number of benzene rings is 2. The van der Waals surface area contributed by atoms with Crippen molar-refractivity contribution in [2.75, 3.05) is 0 Å². The van der Waals surface area contributed by atoms with E-state index in [1.54, 1.807) is 12.1 Å². The minimum Gasteiger partial charge on any atom is -0.352 e. The maximum absolute atomic E-state index is 13.4. The number of nitrogens with one attached hydrogen (secondary N) is 1. The first kappa shape index (κ1) is 17.7. The van der Waals surface area contributed by atoms with Crippen molar-refractivity contribution in [3.05, 3.63) is 60.4 Å². The Kier molecular flexibility index (Phi) is 4.94. The van der Waals surface area contributed by atoms with Gasteiger partial charge in [-0.25, -0.2) is 4.39 Å². The summed E-state index contributed by atoms with van der Waals surface area (Å²) in [5.74, 6) is 0.344. The number of carbonyl (C=O) groups excluding carboxylic acids is 1. The summed E-state index contributed by atoms with van der Waals surface area (Å²) >= 11 is 1.35. The predicted molar refractivity (Wildman–Crippen MR) is 103 cm³/mol. The summed E-state index contributed by atoms with van der Waals surface area (Å²) in [6.07, 6.45) is 2.10. The van der Waals surface area contributed by atoms with Gasteiger partial charge in [0.15, 0.2) is 11.0 Å². The number of nitrogens with zero attached hydrogens (tertiary/aromatic N) is 3. The molecular formula is C20H19FN4OS. The third-order valence-corrected chi connectivity index (χ3v) is 5.37. The van der Waals surface area contributed by atoms with Gasteiger partial charge in [-0.1, -0.05) is 42.1 Å². The van der Waals surface area contributed by atoms with Gasteiger partial charge in [0.25, 0.3) is 0 Å². The van der Waals surface area contributed by atoms with Gasteiger partial charge in [-0.15, -0.1) is 10.2 Å². The van der Waals surface area contributed by atoms with Gasteiger partial charge in [-0.3, -0.25) is 9.36 Å². The molecule has 3 aromatic rings. The molecule has 1 unspecified atom stereocenters. The van der Waals surface area contributed by atoms with E-state index in [1.807, 2.05) is 41.8 Å². The van der Waals surface area contributed by atoms with Gasteiger partial charge in [0.2, 0.25) is 5.91 Å². The summed E-state index contributed by atoms with van der Waals surface area (Å²) in [5, 5.41) is 11.9. The molecule has 1 aliphatic carbocycles. The van der Waals surface area contributed by atoms with Crippen molar-refractivity contribution in [2.24, 2.45) is 0 Å². The molecule has 1 amide bonds. The van der Waals surface area contributed by atoms with Gasteiger partial charge in [0.1, 0.15) is 5.82 Å². The molecule has 1 N–H and O–H groups in total. The fourth-order valence-corrected chi connectivity index (χ4v) is 3.58. The Morgan fingerprint density at radius 2 is 1.85 bits per heavy atom. The highest BCUT2D eigenvalue weighted by Gasteiger charge is 2.27. The number of thioether (sulfide) groups is 1. The summed E-state index contributed by atoms with van der Waals surface area (Å²) in [6.45, 7) is 1.86. The first-order chi connectivity index (χ1) is 13.1. The minimum atomic E-state index is -0.308. The molecule has 1 heterocycles. The Balaban J connectivity index is 1.69. The van der Waals surface area contributed by atoms with Crippen LogP contribution >= 0.6 is 11.8 Å². The molecule has 0 spiro atoms. The predicted octanol–water partition coefficient (Wildman–Crippen LogP) is 3.83. The van der Waals surface area contributed by atoms with Crippen LogP contribution < -0.4 is 5.32 Å². The molecule has 5 nitrogen and oxygen atoms in total. The Labute approximate surface area is 161 Å². The Hall–Kier alpha value is -2.67. The number of hydrogen-bond donors (Lipinski definition) is 1. The van der Waals surface area contributed by atoms with Crippen LogP contribution in [0.15, 0.2) is 59.8 Å². The van der Waals surface area contributed by atoms with Gasteiger partial charge >= 0.3 is 0 Å². The molecule has 27 heavy (non-hydrogen) atoms. The zero-order valence-electron chi connectivity index (χ0n) is 14.8. The van der Waals surface area contributed by atoms with Gasteiger partial charge in [0, 0.05) is 17.3 Å². The molecule has 2 aromatic carbocycles. The normalized spacial score (nSPS) is 14.7. The van der Waals surface area contributed by atoms with Crippen LogP contribution in [0.1, 0.15) is 19.8 Å². The highest BCUT2D eigenvalue weighted by molar-refractivity contribution is 8.00. The van der Waals surface area contributed by atoms with Crippen molar-refractivity contribution in [1.29, 1.82) is 0 Å². The lowest BCUT2D eigenvalue weighted by Crippen LogP contribution is -2.32.